The summed E-state index contributed by atoms with van der Waals surface area (Å²) in [5, 5.41) is 9.40. The number of aromatic carboxylic acids is 1. The summed E-state index contributed by atoms with van der Waals surface area (Å²) >= 11 is 3.34. The number of aryl methyl sites for hydroxylation is 1. The van der Waals surface area contributed by atoms with Gasteiger partial charge in [0.2, 0.25) is 5.43 Å². The monoisotopic (exact) mass is 295 g/mol. The molecule has 0 unspecified atom stereocenters. The number of nitrogens with zero attached hydrogens (tertiary/aromatic N) is 1. The van der Waals surface area contributed by atoms with Crippen molar-refractivity contribution in [3.05, 3.63) is 44.7 Å². The van der Waals surface area contributed by atoms with E-state index in [0.29, 0.717) is 11.9 Å². The van der Waals surface area contributed by atoms with Crippen molar-refractivity contribution in [3.63, 3.8) is 0 Å². The average molecular weight is 296 g/mol. The Morgan fingerprint density at radius 3 is 2.76 bits per heavy atom. The first-order valence-electron chi connectivity index (χ1n) is 5.10. The first-order chi connectivity index (χ1) is 8.04. The van der Waals surface area contributed by atoms with Gasteiger partial charge in [-0.25, -0.2) is 4.79 Å². The molecule has 5 heteroatoms. The topological polar surface area (TPSA) is 59.3 Å². The molecule has 0 saturated carbocycles. The van der Waals surface area contributed by atoms with Crippen molar-refractivity contribution in [3.8, 4) is 0 Å². The Bertz CT molecular complexity index is 661. The number of fused-ring (bicyclic) bond motifs is 1. The number of benzene rings is 1. The van der Waals surface area contributed by atoms with Crippen LogP contribution in [0.2, 0.25) is 0 Å². The third-order valence-corrected chi connectivity index (χ3v) is 3.11. The maximum atomic E-state index is 11.9. The lowest BCUT2D eigenvalue weighted by Gasteiger charge is -2.10. The van der Waals surface area contributed by atoms with Crippen LogP contribution < -0.4 is 5.43 Å². The highest BCUT2D eigenvalue weighted by Crippen LogP contribution is 2.18. The average Bonchev–Trinajstić information content (AvgIpc) is 2.29. The second kappa shape index (κ2) is 4.33. The zero-order valence-electron chi connectivity index (χ0n) is 9.11. The summed E-state index contributed by atoms with van der Waals surface area (Å²) in [6, 6.07) is 5.18. The Morgan fingerprint density at radius 2 is 2.18 bits per heavy atom. The highest BCUT2D eigenvalue weighted by molar-refractivity contribution is 9.10. The molecule has 17 heavy (non-hydrogen) atoms. The Balaban J connectivity index is 2.95. The van der Waals surface area contributed by atoms with Crippen LogP contribution in [-0.2, 0) is 6.54 Å². The number of pyridine rings is 1. The molecule has 1 aromatic heterocycles. The van der Waals surface area contributed by atoms with Crippen molar-refractivity contribution in [2.24, 2.45) is 0 Å². The van der Waals surface area contributed by atoms with Gasteiger partial charge in [0.15, 0.2) is 0 Å². The number of carbonyl (C=O) groups is 1. The molecule has 0 atom stereocenters. The second-order valence-electron chi connectivity index (χ2n) is 3.62. The molecular weight excluding hydrogens is 286 g/mol. The normalized spacial score (nSPS) is 10.7. The first-order valence-corrected chi connectivity index (χ1v) is 5.90. The zero-order valence-corrected chi connectivity index (χ0v) is 10.7. The van der Waals surface area contributed by atoms with Crippen LogP contribution >= 0.6 is 15.9 Å². The fourth-order valence-electron chi connectivity index (χ4n) is 1.78. The van der Waals surface area contributed by atoms with E-state index in [0.717, 1.165) is 9.99 Å². The summed E-state index contributed by atoms with van der Waals surface area (Å²) in [4.78, 5) is 22.9. The number of aromatic nitrogens is 1. The molecule has 0 spiro atoms. The van der Waals surface area contributed by atoms with Crippen molar-refractivity contribution >= 4 is 32.8 Å². The molecule has 0 saturated heterocycles. The van der Waals surface area contributed by atoms with Crippen molar-refractivity contribution < 1.29 is 9.90 Å². The van der Waals surface area contributed by atoms with Gasteiger partial charge in [0, 0.05) is 22.6 Å². The molecule has 0 radical (unpaired) electrons. The first kappa shape index (κ1) is 11.9. The molecule has 0 amide bonds. The Morgan fingerprint density at radius 1 is 1.47 bits per heavy atom. The van der Waals surface area contributed by atoms with Gasteiger partial charge in [-0.05, 0) is 25.1 Å². The van der Waals surface area contributed by atoms with E-state index in [1.807, 2.05) is 13.0 Å². The van der Waals surface area contributed by atoms with Crippen LogP contribution in [0.25, 0.3) is 10.9 Å². The number of carboxylic acids is 1. The summed E-state index contributed by atoms with van der Waals surface area (Å²) in [5.41, 5.74) is 0.100. The van der Waals surface area contributed by atoms with Crippen LogP contribution in [0.1, 0.15) is 17.3 Å². The van der Waals surface area contributed by atoms with Gasteiger partial charge in [0.25, 0.3) is 0 Å². The van der Waals surface area contributed by atoms with Gasteiger partial charge in [-0.1, -0.05) is 15.9 Å². The highest BCUT2D eigenvalue weighted by Gasteiger charge is 2.13. The van der Waals surface area contributed by atoms with E-state index in [-0.39, 0.29) is 5.56 Å². The van der Waals surface area contributed by atoms with Crippen LogP contribution in [0.4, 0.5) is 0 Å². The number of hydrogen-bond donors (Lipinski definition) is 1. The van der Waals surface area contributed by atoms with Crippen LogP contribution in [0, 0.1) is 0 Å². The van der Waals surface area contributed by atoms with Crippen molar-refractivity contribution in [1.29, 1.82) is 0 Å². The maximum absolute atomic E-state index is 11.9. The SMILES string of the molecule is CCn1cc(C(=O)O)c(=O)c2ccc(Br)cc21. The lowest BCUT2D eigenvalue weighted by atomic mass is 10.1. The molecule has 0 fully saturated rings. The molecule has 2 aromatic rings. The van der Waals surface area contributed by atoms with Gasteiger partial charge in [0.1, 0.15) is 5.56 Å². The lowest BCUT2D eigenvalue weighted by molar-refractivity contribution is 0.0695. The van der Waals surface area contributed by atoms with Crippen molar-refractivity contribution in [2.45, 2.75) is 13.5 Å². The summed E-state index contributed by atoms with van der Waals surface area (Å²) in [5.74, 6) is -1.19. The van der Waals surface area contributed by atoms with E-state index in [4.69, 9.17) is 5.11 Å². The summed E-state index contributed by atoms with van der Waals surface area (Å²) in [7, 11) is 0. The quantitative estimate of drug-likeness (QED) is 0.926. The number of halogens is 1. The van der Waals surface area contributed by atoms with Crippen molar-refractivity contribution in [1.82, 2.24) is 4.57 Å². The smallest absolute Gasteiger partial charge is 0.341 e. The Kier molecular flexibility index (Phi) is 3.02. The van der Waals surface area contributed by atoms with Gasteiger partial charge in [-0.2, -0.15) is 0 Å². The van der Waals surface area contributed by atoms with E-state index in [9.17, 15) is 9.59 Å². The Hall–Kier alpha value is -1.62. The molecule has 0 bridgehead atoms. The molecule has 88 valence electrons. The molecule has 1 heterocycles. The minimum absolute atomic E-state index is 0.193. The summed E-state index contributed by atoms with van der Waals surface area (Å²) in [6.45, 7) is 2.50. The van der Waals surface area contributed by atoms with Crippen molar-refractivity contribution in [2.75, 3.05) is 0 Å². The molecule has 0 aliphatic carbocycles. The van der Waals surface area contributed by atoms with Gasteiger partial charge >= 0.3 is 5.97 Å². The molecule has 4 nitrogen and oxygen atoms in total. The van der Waals surface area contributed by atoms with Gasteiger partial charge in [-0.3, -0.25) is 4.79 Å². The predicted molar refractivity (Wildman–Crippen MR) is 68.5 cm³/mol. The highest BCUT2D eigenvalue weighted by atomic mass is 79.9. The minimum atomic E-state index is -1.19. The van der Waals surface area contributed by atoms with E-state index in [1.54, 1.807) is 16.7 Å². The number of hydrogen-bond acceptors (Lipinski definition) is 2. The van der Waals surface area contributed by atoms with E-state index in [2.05, 4.69) is 15.9 Å². The van der Waals surface area contributed by atoms with Crippen LogP contribution in [0.5, 0.6) is 0 Å². The zero-order chi connectivity index (χ0) is 12.6. The largest absolute Gasteiger partial charge is 0.477 e. The van der Waals surface area contributed by atoms with Gasteiger partial charge in [0.05, 0.1) is 5.52 Å². The third kappa shape index (κ3) is 1.98. The molecule has 0 aliphatic heterocycles. The molecule has 1 aromatic carbocycles. The standard InChI is InChI=1S/C12H10BrNO3/c1-2-14-6-9(12(16)17)11(15)8-4-3-7(13)5-10(8)14/h3-6H,2H2,1H3,(H,16,17). The van der Waals surface area contributed by atoms with E-state index in [1.165, 1.54) is 6.20 Å². The molecule has 2 rings (SSSR count). The van der Waals surface area contributed by atoms with Crippen LogP contribution in [0.3, 0.4) is 0 Å². The minimum Gasteiger partial charge on any atom is -0.477 e. The van der Waals surface area contributed by atoms with Crippen LogP contribution in [0.15, 0.2) is 33.7 Å². The summed E-state index contributed by atoms with van der Waals surface area (Å²) < 4.78 is 2.61. The third-order valence-electron chi connectivity index (χ3n) is 2.61. The lowest BCUT2D eigenvalue weighted by Crippen LogP contribution is -2.18. The molecule has 1 N–H and O–H groups in total. The summed E-state index contributed by atoms with van der Waals surface area (Å²) in [6.07, 6.45) is 1.39. The fraction of sp³-hybridized carbons (Fsp3) is 0.167. The van der Waals surface area contributed by atoms with Gasteiger partial charge < -0.3 is 9.67 Å². The van der Waals surface area contributed by atoms with Gasteiger partial charge in [-0.15, -0.1) is 0 Å². The fourth-order valence-corrected chi connectivity index (χ4v) is 2.13. The predicted octanol–water partition coefficient (Wildman–Crippen LogP) is 2.48. The molecular formula is C12H10BrNO3. The Labute approximate surface area is 106 Å². The maximum Gasteiger partial charge on any atom is 0.341 e. The van der Waals surface area contributed by atoms with E-state index >= 15 is 0 Å². The molecule has 0 aliphatic rings. The number of carboxylic acid groups (broad SMARTS) is 1. The number of rotatable bonds is 2. The second-order valence-corrected chi connectivity index (χ2v) is 4.54. The van der Waals surface area contributed by atoms with E-state index < -0.39 is 11.4 Å². The van der Waals surface area contributed by atoms with Crippen LogP contribution in [-0.4, -0.2) is 15.6 Å².